The average Bonchev–Trinajstić information content (AvgIpc) is 3.29. The van der Waals surface area contributed by atoms with Gasteiger partial charge in [0.25, 0.3) is 11.8 Å². The van der Waals surface area contributed by atoms with E-state index in [9.17, 15) is 9.59 Å². The van der Waals surface area contributed by atoms with Crippen LogP contribution in [0.15, 0.2) is 72.9 Å². The number of hydrogen-bond donors (Lipinski definition) is 2. The minimum absolute atomic E-state index is 0.136. The van der Waals surface area contributed by atoms with Crippen LogP contribution in [0.5, 0.6) is 0 Å². The fourth-order valence-electron chi connectivity index (χ4n) is 3.33. The SMILES string of the molecule is COCCNC(=O)c1cc(NC(=O)c2cc(-c3ccccn3)c(Cl)cc2Cl)n(-c2ccccc2)n1. The third-order valence-electron chi connectivity index (χ3n) is 5.02. The van der Waals surface area contributed by atoms with Crippen LogP contribution in [-0.2, 0) is 4.74 Å². The monoisotopic (exact) mass is 509 g/mol. The normalized spacial score (nSPS) is 10.7. The first-order valence-corrected chi connectivity index (χ1v) is 11.4. The zero-order chi connectivity index (χ0) is 24.8. The van der Waals surface area contributed by atoms with Crippen LogP contribution in [0.4, 0.5) is 5.82 Å². The largest absolute Gasteiger partial charge is 0.383 e. The van der Waals surface area contributed by atoms with Gasteiger partial charge in [0.1, 0.15) is 5.82 Å². The fourth-order valence-corrected chi connectivity index (χ4v) is 3.90. The molecule has 0 unspecified atom stereocenters. The third kappa shape index (κ3) is 5.68. The number of nitrogens with one attached hydrogen (secondary N) is 2. The highest BCUT2D eigenvalue weighted by Gasteiger charge is 2.20. The lowest BCUT2D eigenvalue weighted by molar-refractivity contribution is 0.0931. The number of para-hydroxylation sites is 1. The van der Waals surface area contributed by atoms with E-state index in [1.807, 2.05) is 36.4 Å². The Morgan fingerprint density at radius 2 is 1.74 bits per heavy atom. The summed E-state index contributed by atoms with van der Waals surface area (Å²) in [5.74, 6) is -0.593. The molecular weight excluding hydrogens is 489 g/mol. The van der Waals surface area contributed by atoms with Crippen LogP contribution in [-0.4, -0.2) is 46.8 Å². The standard InChI is InChI=1S/C25H21Cl2N5O3/c1-35-12-11-29-25(34)22-15-23(32(31-22)16-7-3-2-4-8-16)30-24(33)18-13-17(19(26)14-20(18)27)21-9-5-6-10-28-21/h2-10,13-15H,11-12H2,1H3,(H,29,34)(H,30,33). The number of methoxy groups -OCH3 is 1. The first kappa shape index (κ1) is 24.4. The summed E-state index contributed by atoms with van der Waals surface area (Å²) in [5, 5.41) is 10.5. The summed E-state index contributed by atoms with van der Waals surface area (Å²) in [4.78, 5) is 30.2. The second-order valence-electron chi connectivity index (χ2n) is 7.39. The van der Waals surface area contributed by atoms with E-state index < -0.39 is 11.8 Å². The van der Waals surface area contributed by atoms with Crippen LogP contribution in [0.2, 0.25) is 10.0 Å². The molecule has 2 aromatic heterocycles. The smallest absolute Gasteiger partial charge is 0.271 e. The Bertz CT molecular complexity index is 1340. The molecule has 0 spiro atoms. The topological polar surface area (TPSA) is 98.1 Å². The van der Waals surface area contributed by atoms with Gasteiger partial charge in [-0.25, -0.2) is 4.68 Å². The molecule has 0 fully saturated rings. The maximum absolute atomic E-state index is 13.3. The molecule has 0 aliphatic heterocycles. The number of benzene rings is 2. The van der Waals surface area contributed by atoms with Gasteiger partial charge < -0.3 is 15.4 Å². The molecule has 2 N–H and O–H groups in total. The van der Waals surface area contributed by atoms with Crippen molar-refractivity contribution in [1.82, 2.24) is 20.1 Å². The Morgan fingerprint density at radius 1 is 0.971 bits per heavy atom. The molecular formula is C25H21Cl2N5O3. The van der Waals surface area contributed by atoms with Crippen molar-refractivity contribution in [1.29, 1.82) is 0 Å². The maximum Gasteiger partial charge on any atom is 0.271 e. The molecule has 4 aromatic rings. The predicted molar refractivity (Wildman–Crippen MR) is 135 cm³/mol. The summed E-state index contributed by atoms with van der Waals surface area (Å²) >= 11 is 12.7. The van der Waals surface area contributed by atoms with E-state index in [4.69, 9.17) is 27.9 Å². The third-order valence-corrected chi connectivity index (χ3v) is 5.64. The molecule has 4 rings (SSSR count). The maximum atomic E-state index is 13.3. The van der Waals surface area contributed by atoms with Crippen molar-refractivity contribution >= 4 is 40.8 Å². The number of anilines is 1. The van der Waals surface area contributed by atoms with Gasteiger partial charge in [-0.2, -0.15) is 5.10 Å². The minimum atomic E-state index is -0.493. The second kappa shape index (κ2) is 11.1. The molecule has 10 heteroatoms. The summed E-state index contributed by atoms with van der Waals surface area (Å²) in [5.41, 5.74) is 2.17. The average molecular weight is 510 g/mol. The molecule has 0 bridgehead atoms. The highest BCUT2D eigenvalue weighted by molar-refractivity contribution is 6.38. The number of hydrogen-bond acceptors (Lipinski definition) is 5. The first-order chi connectivity index (χ1) is 17.0. The molecule has 2 amide bonds. The van der Waals surface area contributed by atoms with E-state index in [2.05, 4.69) is 20.7 Å². The lowest BCUT2D eigenvalue weighted by Crippen LogP contribution is -2.27. The molecule has 2 heterocycles. The molecule has 0 radical (unpaired) electrons. The van der Waals surface area contributed by atoms with Crippen molar-refractivity contribution in [2.75, 3.05) is 25.6 Å². The quantitative estimate of drug-likeness (QED) is 0.330. The fraction of sp³-hybridized carbons (Fsp3) is 0.120. The lowest BCUT2D eigenvalue weighted by atomic mass is 10.1. The molecule has 8 nitrogen and oxygen atoms in total. The van der Waals surface area contributed by atoms with E-state index >= 15 is 0 Å². The van der Waals surface area contributed by atoms with Gasteiger partial charge >= 0.3 is 0 Å². The van der Waals surface area contributed by atoms with Gasteiger partial charge in [0.2, 0.25) is 0 Å². The Balaban J connectivity index is 1.68. The number of carbonyl (C=O) groups excluding carboxylic acids is 2. The number of pyridine rings is 1. The molecule has 178 valence electrons. The van der Waals surface area contributed by atoms with E-state index in [-0.39, 0.29) is 16.3 Å². The highest BCUT2D eigenvalue weighted by atomic mass is 35.5. The van der Waals surface area contributed by atoms with Crippen LogP contribution < -0.4 is 10.6 Å². The molecule has 0 saturated carbocycles. The van der Waals surface area contributed by atoms with Crippen molar-refractivity contribution in [2.24, 2.45) is 0 Å². The van der Waals surface area contributed by atoms with Gasteiger partial charge in [0.15, 0.2) is 5.69 Å². The van der Waals surface area contributed by atoms with Crippen LogP contribution >= 0.6 is 23.2 Å². The number of halogens is 2. The Hall–Kier alpha value is -3.72. The van der Waals surface area contributed by atoms with Gasteiger partial charge in [-0.3, -0.25) is 14.6 Å². The van der Waals surface area contributed by atoms with Crippen LogP contribution in [0.1, 0.15) is 20.8 Å². The molecule has 0 atom stereocenters. The molecule has 0 saturated heterocycles. The summed E-state index contributed by atoms with van der Waals surface area (Å²) in [6, 6.07) is 19.1. The summed E-state index contributed by atoms with van der Waals surface area (Å²) in [6.07, 6.45) is 1.64. The Labute approximate surface area is 211 Å². The van der Waals surface area contributed by atoms with Crippen LogP contribution in [0, 0.1) is 0 Å². The van der Waals surface area contributed by atoms with E-state index in [0.717, 1.165) is 0 Å². The summed E-state index contributed by atoms with van der Waals surface area (Å²) in [6.45, 7) is 0.689. The number of aromatic nitrogens is 3. The van der Waals surface area contributed by atoms with Crippen molar-refractivity contribution < 1.29 is 14.3 Å². The van der Waals surface area contributed by atoms with E-state index in [0.29, 0.717) is 40.9 Å². The molecule has 2 aromatic carbocycles. The van der Waals surface area contributed by atoms with Crippen LogP contribution in [0.3, 0.4) is 0 Å². The van der Waals surface area contributed by atoms with E-state index in [1.165, 1.54) is 16.8 Å². The Kier molecular flexibility index (Phi) is 7.77. The van der Waals surface area contributed by atoms with Crippen molar-refractivity contribution in [3.8, 4) is 16.9 Å². The number of ether oxygens (including phenoxy) is 1. The molecule has 0 aliphatic rings. The summed E-state index contributed by atoms with van der Waals surface area (Å²) in [7, 11) is 1.55. The van der Waals surface area contributed by atoms with Crippen molar-refractivity contribution in [3.05, 3.63) is 94.2 Å². The zero-order valence-electron chi connectivity index (χ0n) is 18.7. The number of nitrogens with zero attached hydrogens (tertiary/aromatic N) is 3. The minimum Gasteiger partial charge on any atom is -0.383 e. The Morgan fingerprint density at radius 3 is 2.46 bits per heavy atom. The number of carbonyl (C=O) groups is 2. The van der Waals surface area contributed by atoms with Gasteiger partial charge in [0, 0.05) is 31.5 Å². The van der Waals surface area contributed by atoms with Gasteiger partial charge in [-0.15, -0.1) is 0 Å². The van der Waals surface area contributed by atoms with Crippen molar-refractivity contribution in [3.63, 3.8) is 0 Å². The van der Waals surface area contributed by atoms with Gasteiger partial charge in [-0.05, 0) is 36.4 Å². The van der Waals surface area contributed by atoms with Crippen molar-refractivity contribution in [2.45, 2.75) is 0 Å². The zero-order valence-corrected chi connectivity index (χ0v) is 20.2. The summed E-state index contributed by atoms with van der Waals surface area (Å²) < 4.78 is 6.44. The molecule has 0 aliphatic carbocycles. The van der Waals surface area contributed by atoms with E-state index in [1.54, 1.807) is 31.5 Å². The number of amides is 2. The van der Waals surface area contributed by atoms with Crippen LogP contribution in [0.25, 0.3) is 16.9 Å². The van der Waals surface area contributed by atoms with Gasteiger partial charge in [-0.1, -0.05) is 47.5 Å². The molecule has 35 heavy (non-hydrogen) atoms. The van der Waals surface area contributed by atoms with Gasteiger partial charge in [0.05, 0.1) is 33.6 Å². The predicted octanol–water partition coefficient (Wildman–Crippen LogP) is 4.87. The highest BCUT2D eigenvalue weighted by Crippen LogP contribution is 2.32. The first-order valence-electron chi connectivity index (χ1n) is 10.6. The lowest BCUT2D eigenvalue weighted by Gasteiger charge is -2.12. The number of rotatable bonds is 8. The second-order valence-corrected chi connectivity index (χ2v) is 8.21.